The van der Waals surface area contributed by atoms with E-state index < -0.39 is 0 Å². The lowest BCUT2D eigenvalue weighted by atomic mass is 10.3. The number of halogens is 1. The first kappa shape index (κ1) is 13.9. The molecule has 5 heteroatoms. The van der Waals surface area contributed by atoms with Crippen LogP contribution in [0.3, 0.4) is 0 Å². The van der Waals surface area contributed by atoms with E-state index in [1.165, 1.54) is 0 Å². The van der Waals surface area contributed by atoms with E-state index in [0.717, 1.165) is 30.4 Å². The predicted molar refractivity (Wildman–Crippen MR) is 77.3 cm³/mol. The highest BCUT2D eigenvalue weighted by atomic mass is 35.5. The molecule has 2 rings (SSSR count). The molecular formula is C14H18ClN3O. The van der Waals surface area contributed by atoms with E-state index in [0.29, 0.717) is 11.6 Å². The van der Waals surface area contributed by atoms with Crippen molar-refractivity contribution in [1.82, 2.24) is 9.88 Å². The number of hydrogen-bond acceptors (Lipinski definition) is 4. The molecule has 0 radical (unpaired) electrons. The van der Waals surface area contributed by atoms with Crippen LogP contribution >= 0.6 is 11.6 Å². The second kappa shape index (κ2) is 6.59. The molecule has 0 aliphatic heterocycles. The van der Waals surface area contributed by atoms with Crippen molar-refractivity contribution in [2.45, 2.75) is 20.0 Å². The maximum absolute atomic E-state index is 6.18. The molecule has 0 fully saturated rings. The number of rotatable bonds is 6. The fraction of sp³-hybridized carbons (Fsp3) is 0.357. The van der Waals surface area contributed by atoms with Crippen LogP contribution in [-0.2, 0) is 13.1 Å². The Bertz CT molecular complexity index is 513. The van der Waals surface area contributed by atoms with Crippen LogP contribution < -0.4 is 5.32 Å². The summed E-state index contributed by atoms with van der Waals surface area (Å²) < 4.78 is 5.33. The largest absolute Gasteiger partial charge is 0.468 e. The average Bonchev–Trinajstić information content (AvgIpc) is 2.86. The Hall–Kier alpha value is -1.52. The fourth-order valence-corrected chi connectivity index (χ4v) is 2.02. The number of nitrogens with zero attached hydrogens (tertiary/aromatic N) is 2. The molecule has 19 heavy (non-hydrogen) atoms. The lowest BCUT2D eigenvalue weighted by Gasteiger charge is -2.16. The second-order valence-electron chi connectivity index (χ2n) is 4.41. The minimum atomic E-state index is 0.679. The van der Waals surface area contributed by atoms with Crippen LogP contribution in [-0.4, -0.2) is 23.5 Å². The Balaban J connectivity index is 2.02. The van der Waals surface area contributed by atoms with Crippen LogP contribution in [0.4, 0.5) is 5.82 Å². The van der Waals surface area contributed by atoms with Gasteiger partial charge in [-0.05, 0) is 38.2 Å². The summed E-state index contributed by atoms with van der Waals surface area (Å²) in [7, 11) is 2.01. The van der Waals surface area contributed by atoms with Gasteiger partial charge < -0.3 is 9.73 Å². The van der Waals surface area contributed by atoms with E-state index in [4.69, 9.17) is 16.0 Å². The van der Waals surface area contributed by atoms with Crippen molar-refractivity contribution in [1.29, 1.82) is 0 Å². The Labute approximate surface area is 118 Å². The standard InChI is InChI=1S/C14H18ClN3O/c1-3-16-14-7-6-12(15)13(17-14)10-18(2)9-11-5-4-8-19-11/h4-8H,3,9-10H2,1-2H3,(H,16,17). The molecule has 2 aromatic rings. The minimum Gasteiger partial charge on any atom is -0.468 e. The van der Waals surface area contributed by atoms with Gasteiger partial charge in [-0.15, -0.1) is 0 Å². The molecule has 0 aromatic carbocycles. The first-order valence-corrected chi connectivity index (χ1v) is 6.67. The van der Waals surface area contributed by atoms with Gasteiger partial charge in [-0.2, -0.15) is 0 Å². The van der Waals surface area contributed by atoms with Gasteiger partial charge in [0.05, 0.1) is 23.5 Å². The molecule has 1 N–H and O–H groups in total. The summed E-state index contributed by atoms with van der Waals surface area (Å²) in [4.78, 5) is 6.63. The molecule has 2 heterocycles. The number of nitrogens with one attached hydrogen (secondary N) is 1. The molecule has 0 saturated heterocycles. The summed E-state index contributed by atoms with van der Waals surface area (Å²) in [5, 5.41) is 3.88. The Morgan fingerprint density at radius 2 is 2.16 bits per heavy atom. The van der Waals surface area contributed by atoms with Crippen molar-refractivity contribution in [3.8, 4) is 0 Å². The van der Waals surface area contributed by atoms with Crippen molar-refractivity contribution >= 4 is 17.4 Å². The summed E-state index contributed by atoms with van der Waals surface area (Å²) in [6, 6.07) is 7.62. The number of aromatic nitrogens is 1. The molecule has 0 spiro atoms. The van der Waals surface area contributed by atoms with Gasteiger partial charge in [0.1, 0.15) is 11.6 Å². The zero-order valence-electron chi connectivity index (χ0n) is 11.2. The normalized spacial score (nSPS) is 10.9. The minimum absolute atomic E-state index is 0.679. The average molecular weight is 280 g/mol. The van der Waals surface area contributed by atoms with Crippen LogP contribution in [0.2, 0.25) is 5.02 Å². The summed E-state index contributed by atoms with van der Waals surface area (Å²) >= 11 is 6.18. The monoisotopic (exact) mass is 279 g/mol. The highest BCUT2D eigenvalue weighted by Crippen LogP contribution is 2.18. The molecule has 0 bridgehead atoms. The number of anilines is 1. The first-order chi connectivity index (χ1) is 9.19. The zero-order chi connectivity index (χ0) is 13.7. The fourth-order valence-electron chi connectivity index (χ4n) is 1.85. The van der Waals surface area contributed by atoms with Crippen molar-refractivity contribution in [2.24, 2.45) is 0 Å². The maximum Gasteiger partial charge on any atom is 0.126 e. The molecule has 0 aliphatic carbocycles. The van der Waals surface area contributed by atoms with Gasteiger partial charge in [-0.1, -0.05) is 11.6 Å². The van der Waals surface area contributed by atoms with Crippen LogP contribution in [0.5, 0.6) is 0 Å². The molecule has 0 unspecified atom stereocenters. The number of hydrogen-bond donors (Lipinski definition) is 1. The smallest absolute Gasteiger partial charge is 0.126 e. The molecule has 2 aromatic heterocycles. The summed E-state index contributed by atoms with van der Waals surface area (Å²) in [6.45, 7) is 4.30. The third kappa shape index (κ3) is 3.98. The second-order valence-corrected chi connectivity index (χ2v) is 4.81. The van der Waals surface area contributed by atoms with E-state index in [1.54, 1.807) is 6.26 Å². The van der Waals surface area contributed by atoms with Gasteiger partial charge in [0.2, 0.25) is 0 Å². The maximum atomic E-state index is 6.18. The van der Waals surface area contributed by atoms with Crippen molar-refractivity contribution in [3.05, 3.63) is 47.0 Å². The van der Waals surface area contributed by atoms with Crippen molar-refractivity contribution in [2.75, 3.05) is 18.9 Å². The quantitative estimate of drug-likeness (QED) is 0.880. The molecule has 4 nitrogen and oxygen atoms in total. The number of furan rings is 1. The molecular weight excluding hydrogens is 262 g/mol. The lowest BCUT2D eigenvalue weighted by Crippen LogP contribution is -2.18. The highest BCUT2D eigenvalue weighted by Gasteiger charge is 2.09. The van der Waals surface area contributed by atoms with Gasteiger partial charge in [0.25, 0.3) is 0 Å². The molecule has 0 saturated carbocycles. The van der Waals surface area contributed by atoms with E-state index in [-0.39, 0.29) is 0 Å². The van der Waals surface area contributed by atoms with Crippen LogP contribution in [0.1, 0.15) is 18.4 Å². The van der Waals surface area contributed by atoms with Gasteiger partial charge in [-0.25, -0.2) is 4.98 Å². The molecule has 102 valence electrons. The first-order valence-electron chi connectivity index (χ1n) is 6.29. The molecule has 0 aliphatic rings. The van der Waals surface area contributed by atoms with Gasteiger partial charge >= 0.3 is 0 Å². The van der Waals surface area contributed by atoms with Crippen LogP contribution in [0, 0.1) is 0 Å². The van der Waals surface area contributed by atoms with E-state index in [9.17, 15) is 0 Å². The Morgan fingerprint density at radius 3 is 2.84 bits per heavy atom. The molecule has 0 atom stereocenters. The van der Waals surface area contributed by atoms with Gasteiger partial charge in [0, 0.05) is 13.1 Å². The lowest BCUT2D eigenvalue weighted by molar-refractivity contribution is 0.285. The molecule has 0 amide bonds. The topological polar surface area (TPSA) is 41.3 Å². The van der Waals surface area contributed by atoms with E-state index in [1.807, 2.05) is 38.2 Å². The van der Waals surface area contributed by atoms with E-state index >= 15 is 0 Å². The van der Waals surface area contributed by atoms with Crippen molar-refractivity contribution < 1.29 is 4.42 Å². The Kier molecular flexibility index (Phi) is 4.82. The summed E-state index contributed by atoms with van der Waals surface area (Å²) in [6.07, 6.45) is 1.68. The zero-order valence-corrected chi connectivity index (χ0v) is 11.9. The number of pyridine rings is 1. The van der Waals surface area contributed by atoms with Gasteiger partial charge in [0.15, 0.2) is 0 Å². The predicted octanol–water partition coefficient (Wildman–Crippen LogP) is 3.39. The van der Waals surface area contributed by atoms with Gasteiger partial charge in [-0.3, -0.25) is 4.90 Å². The van der Waals surface area contributed by atoms with Crippen LogP contribution in [0.15, 0.2) is 34.9 Å². The third-order valence-electron chi connectivity index (χ3n) is 2.70. The van der Waals surface area contributed by atoms with Crippen LogP contribution in [0.25, 0.3) is 0 Å². The van der Waals surface area contributed by atoms with E-state index in [2.05, 4.69) is 15.2 Å². The summed E-state index contributed by atoms with van der Waals surface area (Å²) in [5.74, 6) is 1.79. The Morgan fingerprint density at radius 1 is 1.32 bits per heavy atom. The SMILES string of the molecule is CCNc1ccc(Cl)c(CN(C)Cc2ccco2)n1. The third-order valence-corrected chi connectivity index (χ3v) is 3.05. The summed E-state index contributed by atoms with van der Waals surface area (Å²) in [5.41, 5.74) is 0.870. The highest BCUT2D eigenvalue weighted by molar-refractivity contribution is 6.31. The van der Waals surface area contributed by atoms with Crippen molar-refractivity contribution in [3.63, 3.8) is 0 Å².